The fraction of sp³-hybridized carbons (Fsp3) is 0.588. The molecule has 116 valence electrons. The van der Waals surface area contributed by atoms with Gasteiger partial charge in [0.2, 0.25) is 5.91 Å². The van der Waals surface area contributed by atoms with Gasteiger partial charge in [0.25, 0.3) is 0 Å². The van der Waals surface area contributed by atoms with Gasteiger partial charge in [-0.25, -0.2) is 0 Å². The van der Waals surface area contributed by atoms with E-state index in [4.69, 9.17) is 10.5 Å². The van der Waals surface area contributed by atoms with E-state index in [0.717, 1.165) is 25.0 Å². The zero-order chi connectivity index (χ0) is 15.4. The number of nitrogens with zero attached hydrogens (tertiary/aromatic N) is 1. The van der Waals surface area contributed by atoms with Gasteiger partial charge in [0.15, 0.2) is 0 Å². The first kappa shape index (κ1) is 15.8. The maximum atomic E-state index is 12.3. The maximum Gasteiger partial charge on any atom is 0.225 e. The molecule has 2 atom stereocenters. The molecule has 1 aliphatic carbocycles. The Kier molecular flexibility index (Phi) is 5.23. The fourth-order valence-electron chi connectivity index (χ4n) is 2.98. The second kappa shape index (κ2) is 6.94. The highest BCUT2D eigenvalue weighted by Crippen LogP contribution is 2.25. The van der Waals surface area contributed by atoms with E-state index < -0.39 is 0 Å². The molecular formula is C17H26N2O2. The van der Waals surface area contributed by atoms with Crippen molar-refractivity contribution in [3.05, 3.63) is 29.3 Å². The molecule has 4 heteroatoms. The first-order valence-corrected chi connectivity index (χ1v) is 7.67. The van der Waals surface area contributed by atoms with Crippen LogP contribution < -0.4 is 10.5 Å². The van der Waals surface area contributed by atoms with Crippen molar-refractivity contribution in [2.24, 2.45) is 11.7 Å². The molecule has 2 N–H and O–H groups in total. The van der Waals surface area contributed by atoms with Crippen molar-refractivity contribution in [1.82, 2.24) is 4.90 Å². The molecule has 0 bridgehead atoms. The molecule has 4 nitrogen and oxygen atoms in total. The summed E-state index contributed by atoms with van der Waals surface area (Å²) in [5, 5.41) is 0. The zero-order valence-electron chi connectivity index (χ0n) is 13.3. The van der Waals surface area contributed by atoms with Crippen LogP contribution in [0, 0.1) is 19.8 Å². The summed E-state index contributed by atoms with van der Waals surface area (Å²) in [6, 6.07) is 6.35. The summed E-state index contributed by atoms with van der Waals surface area (Å²) in [4.78, 5) is 14.0. The topological polar surface area (TPSA) is 55.6 Å². The number of benzene rings is 1. The van der Waals surface area contributed by atoms with Crippen LogP contribution in [0.3, 0.4) is 0 Å². The van der Waals surface area contributed by atoms with E-state index in [1.54, 1.807) is 4.90 Å². The third-order valence-corrected chi connectivity index (χ3v) is 4.09. The van der Waals surface area contributed by atoms with Gasteiger partial charge in [0, 0.05) is 19.0 Å². The van der Waals surface area contributed by atoms with E-state index in [2.05, 4.69) is 19.9 Å². The van der Waals surface area contributed by atoms with Crippen LogP contribution >= 0.6 is 0 Å². The highest BCUT2D eigenvalue weighted by molar-refractivity contribution is 5.78. The summed E-state index contributed by atoms with van der Waals surface area (Å²) in [5.74, 6) is 1.18. The lowest BCUT2D eigenvalue weighted by Crippen LogP contribution is -2.35. The van der Waals surface area contributed by atoms with Gasteiger partial charge < -0.3 is 15.4 Å². The largest absolute Gasteiger partial charge is 0.492 e. The molecule has 21 heavy (non-hydrogen) atoms. The summed E-state index contributed by atoms with van der Waals surface area (Å²) >= 11 is 0. The maximum absolute atomic E-state index is 12.3. The summed E-state index contributed by atoms with van der Waals surface area (Å²) in [7, 11) is 1.84. The SMILES string of the molecule is Cc1cc(C)cc(OCCN(C)C(=O)[C@H]2CC[C@H](N)C2)c1. The minimum Gasteiger partial charge on any atom is -0.492 e. The van der Waals surface area contributed by atoms with Gasteiger partial charge in [-0.05, 0) is 56.4 Å². The van der Waals surface area contributed by atoms with E-state index in [1.165, 1.54) is 11.1 Å². The van der Waals surface area contributed by atoms with Gasteiger partial charge in [0.05, 0.1) is 6.54 Å². The number of carbonyl (C=O) groups excluding carboxylic acids is 1. The van der Waals surface area contributed by atoms with Crippen molar-refractivity contribution >= 4 is 5.91 Å². The highest BCUT2D eigenvalue weighted by atomic mass is 16.5. The number of rotatable bonds is 5. The molecule has 2 rings (SSSR count). The third-order valence-electron chi connectivity index (χ3n) is 4.09. The average Bonchev–Trinajstić information content (AvgIpc) is 2.83. The normalized spacial score (nSPS) is 21.3. The summed E-state index contributed by atoms with van der Waals surface area (Å²) in [6.45, 7) is 5.24. The number of amides is 1. The lowest BCUT2D eigenvalue weighted by molar-refractivity contribution is -0.134. The Labute approximate surface area is 127 Å². The molecule has 0 spiro atoms. The minimum atomic E-state index is 0.103. The third kappa shape index (κ3) is 4.46. The minimum absolute atomic E-state index is 0.103. The van der Waals surface area contributed by atoms with E-state index >= 15 is 0 Å². The second-order valence-corrected chi connectivity index (χ2v) is 6.20. The van der Waals surface area contributed by atoms with Crippen molar-refractivity contribution in [1.29, 1.82) is 0 Å². The summed E-state index contributed by atoms with van der Waals surface area (Å²) in [6.07, 6.45) is 2.70. The van der Waals surface area contributed by atoms with Crippen LogP contribution in [0.4, 0.5) is 0 Å². The van der Waals surface area contributed by atoms with Crippen molar-refractivity contribution < 1.29 is 9.53 Å². The van der Waals surface area contributed by atoms with E-state index in [9.17, 15) is 4.79 Å². The van der Waals surface area contributed by atoms with Crippen LogP contribution in [-0.4, -0.2) is 37.0 Å². The number of hydrogen-bond donors (Lipinski definition) is 1. The van der Waals surface area contributed by atoms with Crippen molar-refractivity contribution in [3.63, 3.8) is 0 Å². The van der Waals surface area contributed by atoms with Crippen LogP contribution in [0.15, 0.2) is 18.2 Å². The first-order chi connectivity index (χ1) is 9.95. The van der Waals surface area contributed by atoms with Crippen LogP contribution in [-0.2, 0) is 4.79 Å². The fourth-order valence-corrected chi connectivity index (χ4v) is 2.98. The molecule has 0 unspecified atom stereocenters. The van der Waals surface area contributed by atoms with Crippen molar-refractivity contribution in [3.8, 4) is 5.75 Å². The number of ether oxygens (including phenoxy) is 1. The van der Waals surface area contributed by atoms with Crippen molar-refractivity contribution in [2.45, 2.75) is 39.2 Å². The Bertz CT molecular complexity index is 481. The molecule has 1 amide bonds. The molecule has 1 saturated carbocycles. The van der Waals surface area contributed by atoms with Crippen LogP contribution in [0.25, 0.3) is 0 Å². The Morgan fingerprint density at radius 3 is 2.52 bits per heavy atom. The number of likely N-dealkylation sites (N-methyl/N-ethyl adjacent to an activating group) is 1. The van der Waals surface area contributed by atoms with Gasteiger partial charge in [0.1, 0.15) is 12.4 Å². The average molecular weight is 290 g/mol. The monoisotopic (exact) mass is 290 g/mol. The highest BCUT2D eigenvalue weighted by Gasteiger charge is 2.29. The molecule has 0 radical (unpaired) electrons. The molecule has 0 heterocycles. The van der Waals surface area contributed by atoms with Crippen LogP contribution in [0.1, 0.15) is 30.4 Å². The Morgan fingerprint density at radius 1 is 1.29 bits per heavy atom. The standard InChI is InChI=1S/C17H26N2O2/c1-12-8-13(2)10-16(9-12)21-7-6-19(3)17(20)14-4-5-15(18)11-14/h8-10,14-15H,4-7,11,18H2,1-3H3/t14-,15-/m0/s1. The molecule has 0 aliphatic heterocycles. The van der Waals surface area contributed by atoms with Gasteiger partial charge in [-0.3, -0.25) is 4.79 Å². The number of aryl methyl sites for hydroxylation is 2. The molecule has 1 aromatic carbocycles. The molecule has 1 aromatic rings. The van der Waals surface area contributed by atoms with Gasteiger partial charge in [-0.2, -0.15) is 0 Å². The molecular weight excluding hydrogens is 264 g/mol. The lowest BCUT2D eigenvalue weighted by atomic mass is 10.1. The summed E-state index contributed by atoms with van der Waals surface area (Å²) in [5.41, 5.74) is 8.25. The second-order valence-electron chi connectivity index (χ2n) is 6.20. The number of carbonyl (C=O) groups is 1. The van der Waals surface area contributed by atoms with Crippen molar-refractivity contribution in [2.75, 3.05) is 20.2 Å². The number of hydrogen-bond acceptors (Lipinski definition) is 3. The van der Waals surface area contributed by atoms with Gasteiger partial charge in [-0.1, -0.05) is 6.07 Å². The number of nitrogens with two attached hydrogens (primary N) is 1. The van der Waals surface area contributed by atoms with Crippen LogP contribution in [0.5, 0.6) is 5.75 Å². The smallest absolute Gasteiger partial charge is 0.225 e. The molecule has 1 aliphatic rings. The van der Waals surface area contributed by atoms with Gasteiger partial charge >= 0.3 is 0 Å². The van der Waals surface area contributed by atoms with E-state index in [1.807, 2.05) is 19.2 Å². The first-order valence-electron chi connectivity index (χ1n) is 7.67. The predicted octanol–water partition coefficient (Wildman–Crippen LogP) is 2.27. The molecule has 0 saturated heterocycles. The molecule has 0 aromatic heterocycles. The van der Waals surface area contributed by atoms with E-state index in [0.29, 0.717) is 13.2 Å². The lowest BCUT2D eigenvalue weighted by Gasteiger charge is -2.21. The Balaban J connectivity index is 1.78. The zero-order valence-corrected chi connectivity index (χ0v) is 13.3. The molecule has 1 fully saturated rings. The quantitative estimate of drug-likeness (QED) is 0.905. The Hall–Kier alpha value is -1.55. The van der Waals surface area contributed by atoms with E-state index in [-0.39, 0.29) is 17.9 Å². The summed E-state index contributed by atoms with van der Waals surface area (Å²) < 4.78 is 5.75. The van der Waals surface area contributed by atoms with Crippen LogP contribution in [0.2, 0.25) is 0 Å². The predicted molar refractivity (Wildman–Crippen MR) is 84.4 cm³/mol. The Morgan fingerprint density at radius 2 is 1.95 bits per heavy atom. The van der Waals surface area contributed by atoms with Gasteiger partial charge in [-0.15, -0.1) is 0 Å².